The molecule has 0 aliphatic rings. The van der Waals surface area contributed by atoms with Crippen LogP contribution in [0.25, 0.3) is 0 Å². The highest BCUT2D eigenvalue weighted by Crippen LogP contribution is 2.40. The molecular formula is C5H12NO5P. The highest BCUT2D eigenvalue weighted by Gasteiger charge is 2.23. The molecule has 0 aliphatic heterocycles. The average molecular weight is 197 g/mol. The molecule has 72 valence electrons. The van der Waals surface area contributed by atoms with Crippen molar-refractivity contribution in [3.8, 4) is 0 Å². The molecule has 0 aliphatic carbocycles. The number of nitrogens with two attached hydrogens (primary N) is 1. The Labute approximate surface area is 69.5 Å². The first-order valence-corrected chi connectivity index (χ1v) is 5.05. The van der Waals surface area contributed by atoms with E-state index in [0.29, 0.717) is 0 Å². The molecule has 0 unspecified atom stereocenters. The lowest BCUT2D eigenvalue weighted by molar-refractivity contribution is -0.137. The van der Waals surface area contributed by atoms with E-state index in [4.69, 9.17) is 20.6 Å². The quantitative estimate of drug-likeness (QED) is 0.449. The van der Waals surface area contributed by atoms with Crippen molar-refractivity contribution in [1.29, 1.82) is 0 Å². The molecule has 1 atom stereocenters. The molecule has 0 spiro atoms. The highest BCUT2D eigenvalue weighted by atomic mass is 31.2. The number of aliphatic carboxylic acids is 1. The molecule has 5 N–H and O–H groups in total. The van der Waals surface area contributed by atoms with E-state index < -0.39 is 19.3 Å². The summed E-state index contributed by atoms with van der Waals surface area (Å²) < 4.78 is 10.4. The van der Waals surface area contributed by atoms with Gasteiger partial charge in [-0.05, 0) is 12.8 Å². The van der Waals surface area contributed by atoms with E-state index in [0.717, 1.165) is 0 Å². The Morgan fingerprint density at radius 3 is 2.33 bits per heavy atom. The van der Waals surface area contributed by atoms with E-state index in [-0.39, 0.29) is 19.3 Å². The lowest BCUT2D eigenvalue weighted by Gasteiger charge is -2.11. The zero-order valence-electron chi connectivity index (χ0n) is 6.38. The van der Waals surface area contributed by atoms with Crippen LogP contribution in [0.5, 0.6) is 0 Å². The summed E-state index contributed by atoms with van der Waals surface area (Å²) in [4.78, 5) is 27.0. The smallest absolute Gasteiger partial charge is 0.342 e. The minimum Gasteiger partial charge on any atom is -0.481 e. The van der Waals surface area contributed by atoms with Gasteiger partial charge in [0, 0.05) is 6.42 Å². The van der Waals surface area contributed by atoms with Crippen molar-refractivity contribution in [3.63, 3.8) is 0 Å². The molecule has 0 amide bonds. The van der Waals surface area contributed by atoms with E-state index >= 15 is 0 Å². The van der Waals surface area contributed by atoms with Crippen molar-refractivity contribution >= 4 is 13.6 Å². The number of hydrogen-bond acceptors (Lipinski definition) is 3. The standard InChI is InChI=1S/C5H12NO5P/c6-4(12(9,10)11)2-1-3-5(7)8/h4H,1-3,6H2,(H,7,8)(H2,9,10,11)/t4-/m0/s1. The van der Waals surface area contributed by atoms with Gasteiger partial charge in [-0.3, -0.25) is 9.36 Å². The SMILES string of the molecule is N[C@H](CCCC(=O)O)P(=O)(O)O. The van der Waals surface area contributed by atoms with Crippen molar-refractivity contribution in [2.45, 2.75) is 25.0 Å². The van der Waals surface area contributed by atoms with E-state index in [2.05, 4.69) is 0 Å². The van der Waals surface area contributed by atoms with Crippen molar-refractivity contribution in [2.24, 2.45) is 5.73 Å². The van der Waals surface area contributed by atoms with Gasteiger partial charge in [0.05, 0.1) is 0 Å². The Kier molecular flexibility index (Phi) is 4.41. The molecular weight excluding hydrogens is 185 g/mol. The third kappa shape index (κ3) is 5.26. The van der Waals surface area contributed by atoms with Crippen LogP contribution in [-0.2, 0) is 9.36 Å². The molecule has 0 aromatic rings. The van der Waals surface area contributed by atoms with E-state index in [9.17, 15) is 9.36 Å². The summed E-state index contributed by atoms with van der Waals surface area (Å²) in [6.07, 6.45) is 0.0892. The monoisotopic (exact) mass is 197 g/mol. The largest absolute Gasteiger partial charge is 0.481 e. The first kappa shape index (κ1) is 11.6. The van der Waals surface area contributed by atoms with Crippen LogP contribution < -0.4 is 5.73 Å². The fraction of sp³-hybridized carbons (Fsp3) is 0.800. The second kappa shape index (κ2) is 4.57. The third-order valence-corrected chi connectivity index (χ3v) is 2.44. The Bertz CT molecular complexity index is 200. The third-order valence-electron chi connectivity index (χ3n) is 1.32. The summed E-state index contributed by atoms with van der Waals surface area (Å²) in [5.74, 6) is -2.23. The lowest BCUT2D eigenvalue weighted by atomic mass is 10.2. The van der Waals surface area contributed by atoms with Gasteiger partial charge in [-0.15, -0.1) is 0 Å². The van der Waals surface area contributed by atoms with Crippen LogP contribution in [0.3, 0.4) is 0 Å². The van der Waals surface area contributed by atoms with Gasteiger partial charge in [0.2, 0.25) is 0 Å². The molecule has 0 aromatic carbocycles. The second-order valence-electron chi connectivity index (χ2n) is 2.44. The Morgan fingerprint density at radius 2 is 2.00 bits per heavy atom. The van der Waals surface area contributed by atoms with E-state index in [1.807, 2.05) is 0 Å². The molecule has 0 radical (unpaired) electrons. The first-order chi connectivity index (χ1) is 5.34. The molecule has 0 fully saturated rings. The number of carboxylic acids is 1. The van der Waals surface area contributed by atoms with Crippen LogP contribution in [0, 0.1) is 0 Å². The Morgan fingerprint density at radius 1 is 1.50 bits per heavy atom. The van der Waals surface area contributed by atoms with Crippen molar-refractivity contribution in [3.05, 3.63) is 0 Å². The van der Waals surface area contributed by atoms with Gasteiger partial charge in [0.15, 0.2) is 0 Å². The van der Waals surface area contributed by atoms with Crippen LogP contribution in [0.4, 0.5) is 0 Å². The Balaban J connectivity index is 3.65. The Hall–Kier alpha value is -0.420. The van der Waals surface area contributed by atoms with E-state index in [1.165, 1.54) is 0 Å². The molecule has 0 saturated heterocycles. The van der Waals surface area contributed by atoms with Crippen LogP contribution in [-0.4, -0.2) is 26.6 Å². The van der Waals surface area contributed by atoms with Gasteiger partial charge in [0.1, 0.15) is 5.78 Å². The lowest BCUT2D eigenvalue weighted by Crippen LogP contribution is -2.20. The molecule has 7 heteroatoms. The topological polar surface area (TPSA) is 121 Å². The fourth-order valence-corrected chi connectivity index (χ4v) is 1.15. The molecule has 0 bridgehead atoms. The summed E-state index contributed by atoms with van der Waals surface area (Å²) >= 11 is 0. The number of carboxylic acid groups (broad SMARTS) is 1. The van der Waals surface area contributed by atoms with Gasteiger partial charge < -0.3 is 20.6 Å². The predicted octanol–water partition coefficient (Wildman–Crippen LogP) is -0.296. The molecule has 12 heavy (non-hydrogen) atoms. The second-order valence-corrected chi connectivity index (χ2v) is 4.28. The average Bonchev–Trinajstić information content (AvgIpc) is 1.84. The summed E-state index contributed by atoms with van der Waals surface area (Å²) in [6, 6.07) is 0. The van der Waals surface area contributed by atoms with Gasteiger partial charge >= 0.3 is 13.6 Å². The molecule has 0 aromatic heterocycles. The van der Waals surface area contributed by atoms with Crippen molar-refractivity contribution in [2.75, 3.05) is 0 Å². The first-order valence-electron chi connectivity index (χ1n) is 3.36. The van der Waals surface area contributed by atoms with Gasteiger partial charge in [-0.25, -0.2) is 0 Å². The highest BCUT2D eigenvalue weighted by molar-refractivity contribution is 7.52. The maximum absolute atomic E-state index is 10.4. The van der Waals surface area contributed by atoms with Gasteiger partial charge in [-0.1, -0.05) is 0 Å². The van der Waals surface area contributed by atoms with E-state index in [1.54, 1.807) is 0 Å². The minimum absolute atomic E-state index is 0.0244. The predicted molar refractivity (Wildman–Crippen MR) is 41.5 cm³/mol. The number of carbonyl (C=O) groups is 1. The summed E-state index contributed by atoms with van der Waals surface area (Å²) in [5.41, 5.74) is 5.08. The molecule has 6 nitrogen and oxygen atoms in total. The molecule has 0 rings (SSSR count). The zero-order chi connectivity index (χ0) is 9.78. The minimum atomic E-state index is -4.23. The van der Waals surface area contributed by atoms with Crippen LogP contribution in [0.2, 0.25) is 0 Å². The summed E-state index contributed by atoms with van der Waals surface area (Å²) in [6.45, 7) is 0. The van der Waals surface area contributed by atoms with Crippen LogP contribution >= 0.6 is 7.60 Å². The van der Waals surface area contributed by atoms with Crippen LogP contribution in [0.15, 0.2) is 0 Å². The fourth-order valence-electron chi connectivity index (χ4n) is 0.631. The summed E-state index contributed by atoms with van der Waals surface area (Å²) in [7, 11) is -4.23. The van der Waals surface area contributed by atoms with Crippen molar-refractivity contribution < 1.29 is 24.3 Å². The van der Waals surface area contributed by atoms with Gasteiger partial charge in [-0.2, -0.15) is 0 Å². The van der Waals surface area contributed by atoms with Crippen LogP contribution in [0.1, 0.15) is 19.3 Å². The summed E-state index contributed by atoms with van der Waals surface area (Å²) in [5, 5.41) is 8.19. The molecule has 0 heterocycles. The zero-order valence-corrected chi connectivity index (χ0v) is 7.28. The number of rotatable bonds is 5. The number of hydrogen-bond donors (Lipinski definition) is 4. The maximum atomic E-state index is 10.4. The normalized spacial score (nSPS) is 14.2. The molecule has 0 saturated carbocycles. The van der Waals surface area contributed by atoms with Crippen molar-refractivity contribution in [1.82, 2.24) is 0 Å². The van der Waals surface area contributed by atoms with Gasteiger partial charge in [0.25, 0.3) is 0 Å². The maximum Gasteiger partial charge on any atom is 0.342 e.